The molecule has 1 N–H and O–H groups in total. The van der Waals surface area contributed by atoms with Crippen LogP contribution in [-0.4, -0.2) is 37.8 Å². The molecule has 220 valence electrons. The molecule has 0 amide bonds. The van der Waals surface area contributed by atoms with Crippen LogP contribution in [-0.2, 0) is 11.3 Å². The standard InChI is InChI=1S/C37H43NO2S2/c1-28-9-17-35(18-10-28)41-26-32-23-38-24-33(27-42-36-19-11-29(2)12-20-36)37(32)31-13-15-34(16-14-31)40-22-6-21-39-25-30-7-4-3-5-8-30/h3-5,7-20,32-33,37-38H,6,21-27H2,1-2H3/t32-,33+,37?. The van der Waals surface area contributed by atoms with Gasteiger partial charge in [-0.25, -0.2) is 0 Å². The Morgan fingerprint density at radius 2 is 1.24 bits per heavy atom. The molecule has 1 unspecified atom stereocenters. The largest absolute Gasteiger partial charge is 0.494 e. The van der Waals surface area contributed by atoms with E-state index in [1.165, 1.54) is 32.0 Å². The van der Waals surface area contributed by atoms with Gasteiger partial charge >= 0.3 is 0 Å². The molecule has 1 saturated heterocycles. The summed E-state index contributed by atoms with van der Waals surface area (Å²) in [6.45, 7) is 8.42. The van der Waals surface area contributed by atoms with E-state index in [2.05, 4.69) is 104 Å². The summed E-state index contributed by atoms with van der Waals surface area (Å²) in [6.07, 6.45) is 0.874. The van der Waals surface area contributed by atoms with E-state index in [0.717, 1.165) is 36.8 Å². The maximum Gasteiger partial charge on any atom is 0.119 e. The molecule has 1 heterocycles. The van der Waals surface area contributed by atoms with Gasteiger partial charge in [0, 0.05) is 27.7 Å². The topological polar surface area (TPSA) is 30.5 Å². The van der Waals surface area contributed by atoms with Crippen molar-refractivity contribution in [1.29, 1.82) is 0 Å². The van der Waals surface area contributed by atoms with Crippen molar-refractivity contribution in [3.05, 3.63) is 125 Å². The monoisotopic (exact) mass is 597 g/mol. The van der Waals surface area contributed by atoms with E-state index in [4.69, 9.17) is 9.47 Å². The summed E-state index contributed by atoms with van der Waals surface area (Å²) in [5.74, 6) is 4.76. The Morgan fingerprint density at radius 1 is 0.667 bits per heavy atom. The summed E-state index contributed by atoms with van der Waals surface area (Å²) < 4.78 is 11.9. The molecule has 0 saturated carbocycles. The van der Waals surface area contributed by atoms with Gasteiger partial charge in [-0.05, 0) is 92.2 Å². The third kappa shape index (κ3) is 9.40. The van der Waals surface area contributed by atoms with E-state index >= 15 is 0 Å². The van der Waals surface area contributed by atoms with Gasteiger partial charge in [0.25, 0.3) is 0 Å². The van der Waals surface area contributed by atoms with E-state index in [0.29, 0.717) is 37.6 Å². The number of benzene rings is 4. The Kier molecular flexibility index (Phi) is 11.9. The zero-order valence-electron chi connectivity index (χ0n) is 24.8. The van der Waals surface area contributed by atoms with Crippen molar-refractivity contribution < 1.29 is 9.47 Å². The summed E-state index contributed by atoms with van der Waals surface area (Å²) in [5, 5.41) is 3.78. The van der Waals surface area contributed by atoms with Gasteiger partial charge in [-0.1, -0.05) is 77.9 Å². The number of nitrogens with one attached hydrogen (secondary N) is 1. The van der Waals surface area contributed by atoms with Crippen molar-refractivity contribution in [3.8, 4) is 5.75 Å². The number of hydrogen-bond acceptors (Lipinski definition) is 5. The van der Waals surface area contributed by atoms with Gasteiger partial charge in [0.1, 0.15) is 5.75 Å². The first-order chi connectivity index (χ1) is 20.6. The fourth-order valence-corrected chi connectivity index (χ4v) is 7.66. The predicted molar refractivity (Wildman–Crippen MR) is 179 cm³/mol. The average molecular weight is 598 g/mol. The molecule has 4 aromatic rings. The van der Waals surface area contributed by atoms with Crippen molar-refractivity contribution in [2.75, 3.05) is 37.8 Å². The lowest BCUT2D eigenvalue weighted by atomic mass is 9.76. The molecular weight excluding hydrogens is 555 g/mol. The minimum Gasteiger partial charge on any atom is -0.494 e. The lowest BCUT2D eigenvalue weighted by molar-refractivity contribution is 0.107. The van der Waals surface area contributed by atoms with Gasteiger partial charge in [0.05, 0.1) is 19.8 Å². The van der Waals surface area contributed by atoms with Crippen LogP contribution in [0.5, 0.6) is 5.75 Å². The minimum atomic E-state index is 0.502. The Morgan fingerprint density at radius 3 is 1.81 bits per heavy atom. The molecule has 0 radical (unpaired) electrons. The van der Waals surface area contributed by atoms with Crippen molar-refractivity contribution in [3.63, 3.8) is 0 Å². The SMILES string of the molecule is Cc1ccc(SC[C@H]2CNC[C@@H](CSc3ccc(C)cc3)C2c2ccc(OCCCOCc3ccccc3)cc2)cc1. The van der Waals surface area contributed by atoms with Crippen LogP contribution in [0.1, 0.15) is 34.6 Å². The lowest BCUT2D eigenvalue weighted by Gasteiger charge is -2.39. The molecule has 0 aromatic heterocycles. The maximum atomic E-state index is 6.08. The van der Waals surface area contributed by atoms with E-state index in [9.17, 15) is 0 Å². The molecular formula is C37H43NO2S2. The van der Waals surface area contributed by atoms with E-state index in [1.807, 2.05) is 41.7 Å². The maximum absolute atomic E-state index is 6.08. The van der Waals surface area contributed by atoms with E-state index < -0.39 is 0 Å². The summed E-state index contributed by atoms with van der Waals surface area (Å²) in [7, 11) is 0. The fourth-order valence-electron chi connectivity index (χ4n) is 5.54. The number of ether oxygens (including phenoxy) is 2. The molecule has 0 bridgehead atoms. The molecule has 5 rings (SSSR count). The number of hydrogen-bond donors (Lipinski definition) is 1. The van der Waals surface area contributed by atoms with E-state index in [-0.39, 0.29) is 0 Å². The molecule has 3 nitrogen and oxygen atoms in total. The summed E-state index contributed by atoms with van der Waals surface area (Å²) in [6, 6.07) is 37.2. The summed E-state index contributed by atoms with van der Waals surface area (Å²) in [5.41, 5.74) is 5.26. The Balaban J connectivity index is 1.19. The molecule has 5 heteroatoms. The van der Waals surface area contributed by atoms with Crippen molar-refractivity contribution >= 4 is 23.5 Å². The summed E-state index contributed by atoms with van der Waals surface area (Å²) in [4.78, 5) is 2.71. The van der Waals surface area contributed by atoms with Crippen LogP contribution in [0.4, 0.5) is 0 Å². The molecule has 42 heavy (non-hydrogen) atoms. The van der Waals surface area contributed by atoms with Crippen molar-refractivity contribution in [2.24, 2.45) is 11.8 Å². The highest BCUT2D eigenvalue weighted by Crippen LogP contribution is 2.40. The lowest BCUT2D eigenvalue weighted by Crippen LogP contribution is -2.44. The minimum absolute atomic E-state index is 0.502. The van der Waals surface area contributed by atoms with Crippen LogP contribution in [0, 0.1) is 25.7 Å². The van der Waals surface area contributed by atoms with Gasteiger partial charge in [-0.2, -0.15) is 0 Å². The van der Waals surface area contributed by atoms with Gasteiger partial charge < -0.3 is 14.8 Å². The number of aryl methyl sites for hydroxylation is 2. The van der Waals surface area contributed by atoms with Crippen LogP contribution >= 0.6 is 23.5 Å². The van der Waals surface area contributed by atoms with Gasteiger partial charge in [-0.3, -0.25) is 0 Å². The van der Waals surface area contributed by atoms with Crippen LogP contribution in [0.15, 0.2) is 113 Å². The zero-order valence-corrected chi connectivity index (χ0v) is 26.5. The van der Waals surface area contributed by atoms with Crippen LogP contribution in [0.25, 0.3) is 0 Å². The van der Waals surface area contributed by atoms with Crippen LogP contribution in [0.2, 0.25) is 0 Å². The Bertz CT molecular complexity index is 1270. The number of rotatable bonds is 14. The third-order valence-electron chi connectivity index (χ3n) is 7.88. The van der Waals surface area contributed by atoms with Crippen molar-refractivity contribution in [1.82, 2.24) is 5.32 Å². The van der Waals surface area contributed by atoms with Crippen LogP contribution in [0.3, 0.4) is 0 Å². The fraction of sp³-hybridized carbons (Fsp3) is 0.351. The van der Waals surface area contributed by atoms with Gasteiger partial charge in [0.15, 0.2) is 0 Å². The quantitative estimate of drug-likeness (QED) is 0.116. The highest BCUT2D eigenvalue weighted by atomic mass is 32.2. The van der Waals surface area contributed by atoms with Gasteiger partial charge in [-0.15, -0.1) is 23.5 Å². The highest BCUT2D eigenvalue weighted by Gasteiger charge is 2.34. The van der Waals surface area contributed by atoms with E-state index in [1.54, 1.807) is 0 Å². The number of thioether (sulfide) groups is 2. The second-order valence-corrected chi connectivity index (χ2v) is 13.4. The molecule has 3 atom stereocenters. The van der Waals surface area contributed by atoms with Crippen LogP contribution < -0.4 is 10.1 Å². The first kappa shape index (κ1) is 30.7. The third-order valence-corrected chi connectivity index (χ3v) is 10.3. The smallest absolute Gasteiger partial charge is 0.119 e. The molecule has 1 aliphatic heterocycles. The van der Waals surface area contributed by atoms with Crippen molar-refractivity contribution in [2.45, 2.75) is 42.6 Å². The molecule has 4 aromatic carbocycles. The molecule has 0 spiro atoms. The first-order valence-corrected chi connectivity index (χ1v) is 17.1. The molecule has 1 aliphatic rings. The first-order valence-electron chi connectivity index (χ1n) is 15.1. The number of piperidine rings is 1. The summed E-state index contributed by atoms with van der Waals surface area (Å²) >= 11 is 3.98. The van der Waals surface area contributed by atoms with Gasteiger partial charge in [0.2, 0.25) is 0 Å². The highest BCUT2D eigenvalue weighted by molar-refractivity contribution is 7.99. The normalized spacial score (nSPS) is 18.6. The molecule has 0 aliphatic carbocycles. The molecule has 1 fully saturated rings. The second kappa shape index (κ2) is 16.2. The Hall–Kier alpha value is -2.70. The Labute approximate surface area is 260 Å². The predicted octanol–water partition coefficient (Wildman–Crippen LogP) is 8.79. The second-order valence-electron chi connectivity index (χ2n) is 11.3. The average Bonchev–Trinajstić information content (AvgIpc) is 3.03. The zero-order chi connectivity index (χ0) is 29.0.